The molecule has 0 aromatic carbocycles. The van der Waals surface area contributed by atoms with Crippen molar-refractivity contribution in [1.82, 2.24) is 4.57 Å². The smallest absolute Gasteiger partial charge is 0.340 e. The molecule has 1 heterocycles. The standard InChI is InChI=1S/C11H17NO2/c1-5-9-7-12(4)8(3)10(9)11(13)14-6-2/h7H,5-6H2,1-4H3. The Labute approximate surface area is 84.7 Å². The average molecular weight is 195 g/mol. The van der Waals surface area contributed by atoms with Gasteiger partial charge in [-0.2, -0.15) is 0 Å². The zero-order chi connectivity index (χ0) is 10.7. The number of aryl methyl sites for hydroxylation is 2. The van der Waals surface area contributed by atoms with Crippen LogP contribution in [0, 0.1) is 6.92 Å². The van der Waals surface area contributed by atoms with Crippen molar-refractivity contribution < 1.29 is 9.53 Å². The van der Waals surface area contributed by atoms with Gasteiger partial charge in [-0.3, -0.25) is 0 Å². The first-order valence-electron chi connectivity index (χ1n) is 4.93. The Kier molecular flexibility index (Phi) is 3.33. The van der Waals surface area contributed by atoms with Crippen molar-refractivity contribution in [3.8, 4) is 0 Å². The average Bonchev–Trinajstić information content (AvgIpc) is 2.43. The Hall–Kier alpha value is -1.25. The molecule has 0 aliphatic carbocycles. The lowest BCUT2D eigenvalue weighted by Crippen LogP contribution is -2.08. The van der Waals surface area contributed by atoms with Gasteiger partial charge in [-0.05, 0) is 25.8 Å². The number of rotatable bonds is 3. The van der Waals surface area contributed by atoms with Gasteiger partial charge in [-0.25, -0.2) is 4.79 Å². The molecule has 14 heavy (non-hydrogen) atoms. The van der Waals surface area contributed by atoms with E-state index in [4.69, 9.17) is 4.74 Å². The molecule has 0 saturated heterocycles. The molecule has 0 saturated carbocycles. The summed E-state index contributed by atoms with van der Waals surface area (Å²) in [6.07, 6.45) is 2.84. The topological polar surface area (TPSA) is 31.2 Å². The van der Waals surface area contributed by atoms with Crippen LogP contribution in [0.15, 0.2) is 6.20 Å². The lowest BCUT2D eigenvalue weighted by Gasteiger charge is -2.03. The highest BCUT2D eigenvalue weighted by Gasteiger charge is 2.17. The fourth-order valence-corrected chi connectivity index (χ4v) is 1.55. The number of carbonyl (C=O) groups is 1. The van der Waals surface area contributed by atoms with Crippen molar-refractivity contribution >= 4 is 5.97 Å². The van der Waals surface area contributed by atoms with Crippen LogP contribution in [0.2, 0.25) is 0 Å². The summed E-state index contributed by atoms with van der Waals surface area (Å²) in [4.78, 5) is 11.6. The summed E-state index contributed by atoms with van der Waals surface area (Å²) in [5.74, 6) is -0.206. The van der Waals surface area contributed by atoms with Crippen LogP contribution in [-0.2, 0) is 18.2 Å². The Bertz CT molecular complexity index is 339. The number of esters is 1. The van der Waals surface area contributed by atoms with E-state index < -0.39 is 0 Å². The molecule has 0 bridgehead atoms. The summed E-state index contributed by atoms with van der Waals surface area (Å²) >= 11 is 0. The van der Waals surface area contributed by atoms with Gasteiger partial charge in [0.15, 0.2) is 0 Å². The summed E-state index contributed by atoms with van der Waals surface area (Å²) in [7, 11) is 1.94. The van der Waals surface area contributed by atoms with E-state index in [1.165, 1.54) is 0 Å². The predicted molar refractivity (Wildman–Crippen MR) is 55.5 cm³/mol. The number of hydrogen-bond donors (Lipinski definition) is 0. The summed E-state index contributed by atoms with van der Waals surface area (Å²) in [6.45, 7) is 6.22. The Morgan fingerprint density at radius 1 is 1.50 bits per heavy atom. The second-order valence-corrected chi connectivity index (χ2v) is 3.30. The second-order valence-electron chi connectivity index (χ2n) is 3.30. The third-order valence-electron chi connectivity index (χ3n) is 2.42. The van der Waals surface area contributed by atoms with Gasteiger partial charge < -0.3 is 9.30 Å². The molecule has 78 valence electrons. The molecule has 0 N–H and O–H groups in total. The minimum absolute atomic E-state index is 0.206. The zero-order valence-corrected chi connectivity index (χ0v) is 9.26. The normalized spacial score (nSPS) is 10.3. The predicted octanol–water partition coefficient (Wildman–Crippen LogP) is 2.07. The van der Waals surface area contributed by atoms with Crippen molar-refractivity contribution in [2.75, 3.05) is 6.61 Å². The van der Waals surface area contributed by atoms with Crippen LogP contribution < -0.4 is 0 Å². The summed E-state index contributed by atoms with van der Waals surface area (Å²) in [5.41, 5.74) is 2.76. The van der Waals surface area contributed by atoms with Gasteiger partial charge >= 0.3 is 5.97 Å². The molecule has 0 amide bonds. The van der Waals surface area contributed by atoms with Gasteiger partial charge in [0.05, 0.1) is 12.2 Å². The third-order valence-corrected chi connectivity index (χ3v) is 2.42. The third kappa shape index (κ3) is 1.81. The second kappa shape index (κ2) is 4.31. The number of aromatic nitrogens is 1. The molecule has 0 fully saturated rings. The monoisotopic (exact) mass is 195 g/mol. The molecular weight excluding hydrogens is 178 g/mol. The highest BCUT2D eigenvalue weighted by Crippen LogP contribution is 2.17. The van der Waals surface area contributed by atoms with Crippen molar-refractivity contribution in [3.63, 3.8) is 0 Å². The first-order valence-corrected chi connectivity index (χ1v) is 4.93. The van der Waals surface area contributed by atoms with E-state index in [9.17, 15) is 4.79 Å². The van der Waals surface area contributed by atoms with E-state index in [0.29, 0.717) is 6.61 Å². The van der Waals surface area contributed by atoms with Crippen LogP contribution in [0.5, 0.6) is 0 Å². The maximum absolute atomic E-state index is 11.6. The van der Waals surface area contributed by atoms with Crippen LogP contribution >= 0.6 is 0 Å². The number of hydrogen-bond acceptors (Lipinski definition) is 2. The number of carbonyl (C=O) groups excluding carboxylic acids is 1. The molecule has 0 radical (unpaired) electrons. The van der Waals surface area contributed by atoms with Gasteiger partial charge in [0.1, 0.15) is 0 Å². The molecule has 1 aromatic rings. The molecule has 1 aromatic heterocycles. The fourth-order valence-electron chi connectivity index (χ4n) is 1.55. The molecule has 3 heteroatoms. The molecular formula is C11H17NO2. The van der Waals surface area contributed by atoms with Crippen LogP contribution in [0.25, 0.3) is 0 Å². The van der Waals surface area contributed by atoms with E-state index in [0.717, 1.165) is 23.2 Å². The summed E-state index contributed by atoms with van der Waals surface area (Å²) in [6, 6.07) is 0. The molecule has 0 atom stereocenters. The van der Waals surface area contributed by atoms with E-state index in [1.54, 1.807) is 0 Å². The van der Waals surface area contributed by atoms with Crippen molar-refractivity contribution in [2.24, 2.45) is 7.05 Å². The molecule has 1 rings (SSSR count). The van der Waals surface area contributed by atoms with Gasteiger partial charge in [-0.1, -0.05) is 6.92 Å². The van der Waals surface area contributed by atoms with Crippen LogP contribution in [0.3, 0.4) is 0 Å². The Morgan fingerprint density at radius 2 is 2.14 bits per heavy atom. The largest absolute Gasteiger partial charge is 0.462 e. The number of ether oxygens (including phenoxy) is 1. The van der Waals surface area contributed by atoms with Gasteiger partial charge in [0.2, 0.25) is 0 Å². The minimum Gasteiger partial charge on any atom is -0.462 e. The SMILES string of the molecule is CCOC(=O)c1c(CC)cn(C)c1C. The Morgan fingerprint density at radius 3 is 2.64 bits per heavy atom. The van der Waals surface area contributed by atoms with Crippen LogP contribution in [0.1, 0.15) is 35.5 Å². The van der Waals surface area contributed by atoms with Crippen molar-refractivity contribution in [1.29, 1.82) is 0 Å². The van der Waals surface area contributed by atoms with Crippen LogP contribution in [-0.4, -0.2) is 17.1 Å². The highest BCUT2D eigenvalue weighted by molar-refractivity contribution is 5.92. The molecule has 3 nitrogen and oxygen atoms in total. The first-order chi connectivity index (χ1) is 6.61. The minimum atomic E-state index is -0.206. The van der Waals surface area contributed by atoms with E-state index in [2.05, 4.69) is 0 Å². The van der Waals surface area contributed by atoms with Crippen LogP contribution in [0.4, 0.5) is 0 Å². The molecule has 0 aliphatic heterocycles. The Balaban J connectivity index is 3.10. The number of nitrogens with zero attached hydrogens (tertiary/aromatic N) is 1. The maximum atomic E-state index is 11.6. The first kappa shape index (κ1) is 10.8. The quantitative estimate of drug-likeness (QED) is 0.691. The molecule has 0 spiro atoms. The van der Waals surface area contributed by atoms with Gasteiger partial charge in [0, 0.05) is 18.9 Å². The molecule has 0 aliphatic rings. The fraction of sp³-hybridized carbons (Fsp3) is 0.545. The van der Waals surface area contributed by atoms with E-state index in [-0.39, 0.29) is 5.97 Å². The van der Waals surface area contributed by atoms with Crippen molar-refractivity contribution in [3.05, 3.63) is 23.0 Å². The van der Waals surface area contributed by atoms with E-state index >= 15 is 0 Å². The molecule has 0 unspecified atom stereocenters. The lowest BCUT2D eigenvalue weighted by molar-refractivity contribution is 0.0524. The van der Waals surface area contributed by atoms with Gasteiger partial charge in [0.25, 0.3) is 0 Å². The van der Waals surface area contributed by atoms with Gasteiger partial charge in [-0.15, -0.1) is 0 Å². The summed E-state index contributed by atoms with van der Waals surface area (Å²) in [5, 5.41) is 0. The van der Waals surface area contributed by atoms with E-state index in [1.807, 2.05) is 38.6 Å². The zero-order valence-electron chi connectivity index (χ0n) is 9.26. The summed E-state index contributed by atoms with van der Waals surface area (Å²) < 4.78 is 6.98. The van der Waals surface area contributed by atoms with Crippen molar-refractivity contribution in [2.45, 2.75) is 27.2 Å². The maximum Gasteiger partial charge on any atom is 0.340 e. The lowest BCUT2D eigenvalue weighted by atomic mass is 10.1. The highest BCUT2D eigenvalue weighted by atomic mass is 16.5.